The fourth-order valence-electron chi connectivity index (χ4n) is 5.13. The molecular formula is C31H32N2O3. The molecule has 1 N–H and O–H groups in total. The number of fused-ring (bicyclic) bond motifs is 2. The zero-order valence-electron chi connectivity index (χ0n) is 20.9. The summed E-state index contributed by atoms with van der Waals surface area (Å²) in [6.45, 7) is 1.68. The van der Waals surface area contributed by atoms with Gasteiger partial charge in [0.1, 0.15) is 0 Å². The Labute approximate surface area is 212 Å². The quantitative estimate of drug-likeness (QED) is 0.371. The van der Waals surface area contributed by atoms with Crippen molar-refractivity contribution in [2.24, 2.45) is 0 Å². The Kier molecular flexibility index (Phi) is 7.19. The molecule has 1 unspecified atom stereocenters. The molecule has 0 aliphatic carbocycles. The second-order valence-electron chi connectivity index (χ2n) is 9.29. The first-order valence-corrected chi connectivity index (χ1v) is 12.4. The third kappa shape index (κ3) is 5.21. The van der Waals surface area contributed by atoms with Crippen LogP contribution in [0.15, 0.2) is 84.9 Å². The Morgan fingerprint density at radius 2 is 1.58 bits per heavy atom. The average molecular weight is 481 g/mol. The molecule has 1 heterocycles. The van der Waals surface area contributed by atoms with Crippen molar-refractivity contribution in [1.82, 2.24) is 10.2 Å². The number of rotatable bonds is 8. The second-order valence-corrected chi connectivity index (χ2v) is 9.29. The van der Waals surface area contributed by atoms with Crippen LogP contribution in [-0.2, 0) is 24.2 Å². The number of amides is 1. The van der Waals surface area contributed by atoms with E-state index in [1.807, 2.05) is 30.3 Å². The fraction of sp³-hybridized carbons (Fsp3) is 0.258. The Hall–Kier alpha value is -3.83. The molecule has 0 bridgehead atoms. The summed E-state index contributed by atoms with van der Waals surface area (Å²) in [5.74, 6) is 1.50. The summed E-state index contributed by atoms with van der Waals surface area (Å²) >= 11 is 0. The number of hydrogen-bond acceptors (Lipinski definition) is 4. The molecule has 0 fully saturated rings. The smallest absolute Gasteiger partial charge is 0.234 e. The fourth-order valence-corrected chi connectivity index (χ4v) is 5.13. The van der Waals surface area contributed by atoms with Crippen molar-refractivity contribution in [2.75, 3.05) is 27.3 Å². The maximum absolute atomic E-state index is 13.0. The summed E-state index contributed by atoms with van der Waals surface area (Å²) in [7, 11) is 3.34. The second kappa shape index (κ2) is 10.8. The van der Waals surface area contributed by atoms with Gasteiger partial charge >= 0.3 is 0 Å². The largest absolute Gasteiger partial charge is 0.493 e. The Balaban J connectivity index is 1.42. The summed E-state index contributed by atoms with van der Waals surface area (Å²) in [6, 6.07) is 29.3. The summed E-state index contributed by atoms with van der Waals surface area (Å²) in [6.07, 6.45) is 1.66. The lowest BCUT2D eigenvalue weighted by Gasteiger charge is -2.37. The lowest BCUT2D eigenvalue weighted by atomic mass is 9.87. The van der Waals surface area contributed by atoms with E-state index in [9.17, 15) is 4.79 Å². The van der Waals surface area contributed by atoms with Gasteiger partial charge in [0.2, 0.25) is 5.91 Å². The molecule has 36 heavy (non-hydrogen) atoms. The molecule has 1 amide bonds. The maximum atomic E-state index is 13.0. The van der Waals surface area contributed by atoms with E-state index in [0.29, 0.717) is 13.1 Å². The van der Waals surface area contributed by atoms with Crippen molar-refractivity contribution < 1.29 is 14.3 Å². The summed E-state index contributed by atoms with van der Waals surface area (Å²) in [5.41, 5.74) is 4.79. The molecule has 184 valence electrons. The molecule has 0 aromatic heterocycles. The Morgan fingerprint density at radius 1 is 0.861 bits per heavy atom. The first-order chi connectivity index (χ1) is 17.6. The van der Waals surface area contributed by atoms with Crippen molar-refractivity contribution in [2.45, 2.75) is 25.4 Å². The Bertz CT molecular complexity index is 1350. The van der Waals surface area contributed by atoms with E-state index in [0.717, 1.165) is 36.4 Å². The number of carbonyl (C=O) groups excluding carboxylic acids is 1. The van der Waals surface area contributed by atoms with Gasteiger partial charge in [0.15, 0.2) is 11.5 Å². The molecule has 1 atom stereocenters. The number of benzene rings is 4. The van der Waals surface area contributed by atoms with Crippen LogP contribution in [0, 0.1) is 0 Å². The molecular weight excluding hydrogens is 448 g/mol. The minimum absolute atomic E-state index is 0.0336. The van der Waals surface area contributed by atoms with E-state index >= 15 is 0 Å². The maximum Gasteiger partial charge on any atom is 0.234 e. The molecule has 5 rings (SSSR count). The minimum atomic E-state index is 0.0336. The predicted molar refractivity (Wildman–Crippen MR) is 144 cm³/mol. The minimum Gasteiger partial charge on any atom is -0.493 e. The van der Waals surface area contributed by atoms with Gasteiger partial charge in [-0.2, -0.15) is 0 Å². The zero-order chi connectivity index (χ0) is 24.9. The van der Waals surface area contributed by atoms with Crippen LogP contribution in [0.3, 0.4) is 0 Å². The topological polar surface area (TPSA) is 50.8 Å². The van der Waals surface area contributed by atoms with Crippen molar-refractivity contribution in [3.05, 3.63) is 107 Å². The molecule has 5 nitrogen and oxygen atoms in total. The number of methoxy groups -OCH3 is 2. The van der Waals surface area contributed by atoms with Crippen molar-refractivity contribution in [1.29, 1.82) is 0 Å². The SMILES string of the molecule is COc1cc2c(cc1OC)C(Cc1ccc3ccccc3c1)N(CC(=O)NCc1ccccc1)CC2. The lowest BCUT2D eigenvalue weighted by Crippen LogP contribution is -2.43. The zero-order valence-corrected chi connectivity index (χ0v) is 20.9. The van der Waals surface area contributed by atoms with Gasteiger partial charge < -0.3 is 14.8 Å². The van der Waals surface area contributed by atoms with E-state index in [4.69, 9.17) is 9.47 Å². The highest BCUT2D eigenvalue weighted by Gasteiger charge is 2.30. The molecule has 4 aromatic rings. The highest BCUT2D eigenvalue weighted by Crippen LogP contribution is 2.39. The van der Waals surface area contributed by atoms with Gasteiger partial charge in [0, 0.05) is 19.1 Å². The summed E-state index contributed by atoms with van der Waals surface area (Å²) in [5, 5.41) is 5.55. The van der Waals surface area contributed by atoms with Gasteiger partial charge in [-0.3, -0.25) is 9.69 Å². The van der Waals surface area contributed by atoms with E-state index < -0.39 is 0 Å². The highest BCUT2D eigenvalue weighted by atomic mass is 16.5. The Morgan fingerprint density at radius 3 is 2.36 bits per heavy atom. The van der Waals surface area contributed by atoms with Crippen LogP contribution in [0.4, 0.5) is 0 Å². The normalized spacial score (nSPS) is 15.3. The van der Waals surface area contributed by atoms with Crippen LogP contribution in [0.1, 0.15) is 28.3 Å². The predicted octanol–water partition coefficient (Wildman–Crippen LogP) is 5.32. The number of nitrogens with one attached hydrogen (secondary N) is 1. The van der Waals surface area contributed by atoms with Crippen LogP contribution < -0.4 is 14.8 Å². The first kappa shape index (κ1) is 23.9. The van der Waals surface area contributed by atoms with E-state index in [-0.39, 0.29) is 11.9 Å². The van der Waals surface area contributed by atoms with Crippen LogP contribution in [-0.4, -0.2) is 38.1 Å². The first-order valence-electron chi connectivity index (χ1n) is 12.4. The van der Waals surface area contributed by atoms with Crippen LogP contribution in [0.25, 0.3) is 10.8 Å². The average Bonchev–Trinajstić information content (AvgIpc) is 2.93. The van der Waals surface area contributed by atoms with Crippen molar-refractivity contribution >= 4 is 16.7 Å². The van der Waals surface area contributed by atoms with Gasteiger partial charge in [0.05, 0.1) is 20.8 Å². The molecule has 4 aromatic carbocycles. The number of ether oxygens (including phenoxy) is 2. The van der Waals surface area contributed by atoms with Gasteiger partial charge in [0.25, 0.3) is 0 Å². The van der Waals surface area contributed by atoms with Gasteiger partial charge in [-0.1, -0.05) is 72.8 Å². The molecule has 0 spiro atoms. The standard InChI is InChI=1S/C31H32N2O3/c1-35-29-18-26-14-15-33(21-31(34)32-20-22-8-4-3-5-9-22)28(27(26)19-30(29)36-2)17-23-12-13-24-10-6-7-11-25(24)16-23/h3-13,16,18-19,28H,14-15,17,20-21H2,1-2H3,(H,32,34). The summed E-state index contributed by atoms with van der Waals surface area (Å²) in [4.78, 5) is 15.3. The van der Waals surface area contributed by atoms with Gasteiger partial charge in [-0.15, -0.1) is 0 Å². The van der Waals surface area contributed by atoms with Crippen molar-refractivity contribution in [3.63, 3.8) is 0 Å². The van der Waals surface area contributed by atoms with E-state index in [1.54, 1.807) is 14.2 Å². The van der Waals surface area contributed by atoms with Crippen LogP contribution in [0.5, 0.6) is 11.5 Å². The monoisotopic (exact) mass is 480 g/mol. The molecule has 5 heteroatoms. The number of carbonyl (C=O) groups is 1. The van der Waals surface area contributed by atoms with Gasteiger partial charge in [-0.25, -0.2) is 0 Å². The molecule has 1 aliphatic rings. The van der Waals surface area contributed by atoms with Crippen LogP contribution in [0.2, 0.25) is 0 Å². The number of hydrogen-bond donors (Lipinski definition) is 1. The molecule has 0 radical (unpaired) electrons. The van der Waals surface area contributed by atoms with E-state index in [2.05, 4.69) is 64.8 Å². The number of nitrogens with zero attached hydrogens (tertiary/aromatic N) is 1. The molecule has 1 aliphatic heterocycles. The summed E-state index contributed by atoms with van der Waals surface area (Å²) < 4.78 is 11.2. The third-order valence-corrected chi connectivity index (χ3v) is 7.04. The van der Waals surface area contributed by atoms with E-state index in [1.165, 1.54) is 27.5 Å². The molecule has 0 saturated heterocycles. The molecule has 0 saturated carbocycles. The van der Waals surface area contributed by atoms with Crippen LogP contribution >= 0.6 is 0 Å². The lowest BCUT2D eigenvalue weighted by molar-refractivity contribution is -0.123. The van der Waals surface area contributed by atoms with Gasteiger partial charge in [-0.05, 0) is 58.0 Å². The third-order valence-electron chi connectivity index (χ3n) is 7.04. The van der Waals surface area contributed by atoms with Crippen molar-refractivity contribution in [3.8, 4) is 11.5 Å². The highest BCUT2D eigenvalue weighted by molar-refractivity contribution is 5.83.